The van der Waals surface area contributed by atoms with Gasteiger partial charge >= 0.3 is 0 Å². The fourth-order valence-electron chi connectivity index (χ4n) is 3.98. The number of benzene rings is 2. The maximum Gasteiger partial charge on any atom is 0.262 e. The molecule has 1 amide bonds. The molecule has 3 aromatic heterocycles. The molecule has 0 spiro atoms. The van der Waals surface area contributed by atoms with Gasteiger partial charge in [-0.15, -0.1) is 11.3 Å². The quantitative estimate of drug-likeness (QED) is 0.353. The molecule has 5 aromatic rings. The van der Waals surface area contributed by atoms with E-state index >= 15 is 0 Å². The second kappa shape index (κ2) is 9.68. The third-order valence-electron chi connectivity index (χ3n) is 6.02. The molecular weight excluding hydrogens is 458 g/mol. The zero-order chi connectivity index (χ0) is 24.4. The van der Waals surface area contributed by atoms with Crippen molar-refractivity contribution in [2.45, 2.75) is 33.4 Å². The van der Waals surface area contributed by atoms with E-state index < -0.39 is 0 Å². The number of amides is 1. The van der Waals surface area contributed by atoms with Gasteiger partial charge in [-0.1, -0.05) is 42.0 Å². The number of aryl methyl sites for hydroxylation is 3. The van der Waals surface area contributed by atoms with Gasteiger partial charge in [0.25, 0.3) is 5.56 Å². The monoisotopic (exact) mass is 483 g/mol. The predicted octanol–water partition coefficient (Wildman–Crippen LogP) is 5.02. The summed E-state index contributed by atoms with van der Waals surface area (Å²) >= 11 is 1.46. The molecule has 176 valence electrons. The van der Waals surface area contributed by atoms with Crippen LogP contribution in [0.5, 0.6) is 0 Å². The lowest BCUT2D eigenvalue weighted by atomic mass is 10.1. The van der Waals surface area contributed by atoms with E-state index in [9.17, 15) is 9.59 Å². The van der Waals surface area contributed by atoms with Crippen LogP contribution in [0.3, 0.4) is 0 Å². The maximum atomic E-state index is 13.2. The smallest absolute Gasteiger partial charge is 0.262 e. The zero-order valence-corrected chi connectivity index (χ0v) is 20.4. The minimum Gasteiger partial charge on any atom is -0.331 e. The van der Waals surface area contributed by atoms with Gasteiger partial charge in [-0.05, 0) is 37.1 Å². The number of hydrogen-bond donors (Lipinski definition) is 1. The van der Waals surface area contributed by atoms with Crippen molar-refractivity contribution in [3.8, 4) is 11.1 Å². The van der Waals surface area contributed by atoms with E-state index in [1.165, 1.54) is 22.2 Å². The Morgan fingerprint density at radius 2 is 1.77 bits per heavy atom. The Labute approximate surface area is 206 Å². The second-order valence-electron chi connectivity index (χ2n) is 8.54. The highest BCUT2D eigenvalue weighted by atomic mass is 32.1. The maximum absolute atomic E-state index is 13.2. The van der Waals surface area contributed by atoms with Crippen LogP contribution in [-0.2, 0) is 17.9 Å². The summed E-state index contributed by atoms with van der Waals surface area (Å²) in [5.41, 5.74) is 4.75. The Balaban J connectivity index is 1.25. The number of rotatable bonds is 7. The van der Waals surface area contributed by atoms with E-state index in [1.54, 1.807) is 6.20 Å². The molecule has 0 fully saturated rings. The van der Waals surface area contributed by atoms with E-state index in [4.69, 9.17) is 0 Å². The standard InChI is InChI=1S/C27H25N5O2S/c1-18-3-7-21(8-4-18)23-16-35-26-25(23)27(34)32(17-29-26)13-11-24(33)30-22-9-5-20(6-10-22)15-31-14-12-28-19(31)2/h3-10,12,14,16-17H,11,13,15H2,1-2H3,(H,30,33). The summed E-state index contributed by atoms with van der Waals surface area (Å²) in [5, 5.41) is 5.49. The number of nitrogens with zero attached hydrogens (tertiary/aromatic N) is 4. The fourth-order valence-corrected chi connectivity index (χ4v) is 4.89. The van der Waals surface area contributed by atoms with Crippen molar-refractivity contribution in [1.29, 1.82) is 0 Å². The lowest BCUT2D eigenvalue weighted by Gasteiger charge is -2.09. The Hall–Kier alpha value is -4.04. The molecule has 3 heterocycles. The molecule has 8 heteroatoms. The number of thiophene rings is 1. The van der Waals surface area contributed by atoms with Gasteiger partial charge in [0.2, 0.25) is 5.91 Å². The van der Waals surface area contributed by atoms with Gasteiger partial charge in [0.15, 0.2) is 0 Å². The average molecular weight is 484 g/mol. The molecule has 0 bridgehead atoms. The first-order chi connectivity index (χ1) is 17.0. The summed E-state index contributed by atoms with van der Waals surface area (Å²) in [6.45, 7) is 4.99. The number of nitrogens with one attached hydrogen (secondary N) is 1. The molecule has 0 atom stereocenters. The highest BCUT2D eigenvalue weighted by Gasteiger charge is 2.14. The first-order valence-corrected chi connectivity index (χ1v) is 12.3. The Kier molecular flexibility index (Phi) is 6.29. The summed E-state index contributed by atoms with van der Waals surface area (Å²) in [7, 11) is 0. The van der Waals surface area contributed by atoms with Crippen LogP contribution < -0.4 is 10.9 Å². The van der Waals surface area contributed by atoms with Crippen LogP contribution in [0.4, 0.5) is 5.69 Å². The van der Waals surface area contributed by atoms with Crippen LogP contribution in [0, 0.1) is 13.8 Å². The van der Waals surface area contributed by atoms with Gasteiger partial charge < -0.3 is 9.88 Å². The molecule has 0 aliphatic carbocycles. The molecule has 0 unspecified atom stereocenters. The Morgan fingerprint density at radius 3 is 2.49 bits per heavy atom. The zero-order valence-electron chi connectivity index (χ0n) is 19.6. The molecule has 2 aromatic carbocycles. The molecule has 1 N–H and O–H groups in total. The number of anilines is 1. The van der Waals surface area contributed by atoms with Crippen molar-refractivity contribution in [3.63, 3.8) is 0 Å². The van der Waals surface area contributed by atoms with Crippen molar-refractivity contribution in [3.05, 3.63) is 99.9 Å². The molecule has 0 saturated carbocycles. The van der Waals surface area contributed by atoms with Crippen LogP contribution in [-0.4, -0.2) is 25.0 Å². The number of fused-ring (bicyclic) bond motifs is 1. The molecule has 7 nitrogen and oxygen atoms in total. The van der Waals surface area contributed by atoms with Gasteiger partial charge in [0.1, 0.15) is 10.7 Å². The van der Waals surface area contributed by atoms with E-state index in [0.717, 1.165) is 40.3 Å². The molecule has 0 saturated heterocycles. The summed E-state index contributed by atoms with van der Waals surface area (Å²) in [5.74, 6) is 0.804. The molecule has 5 rings (SSSR count). The predicted molar refractivity (Wildman–Crippen MR) is 140 cm³/mol. The molecule has 0 aliphatic rings. The third kappa shape index (κ3) is 4.93. The van der Waals surface area contributed by atoms with Gasteiger partial charge in [-0.2, -0.15) is 0 Å². The normalized spacial score (nSPS) is 11.1. The first-order valence-electron chi connectivity index (χ1n) is 11.4. The van der Waals surface area contributed by atoms with E-state index in [2.05, 4.69) is 19.9 Å². The van der Waals surface area contributed by atoms with Crippen LogP contribution >= 0.6 is 11.3 Å². The van der Waals surface area contributed by atoms with Gasteiger partial charge in [0, 0.05) is 48.5 Å². The van der Waals surface area contributed by atoms with Crippen molar-refractivity contribution >= 4 is 33.1 Å². The number of carbonyl (C=O) groups excluding carboxylic acids is 1. The van der Waals surface area contributed by atoms with Crippen LogP contribution in [0.1, 0.15) is 23.4 Å². The largest absolute Gasteiger partial charge is 0.331 e. The number of imidazole rings is 1. The highest BCUT2D eigenvalue weighted by Crippen LogP contribution is 2.30. The topological polar surface area (TPSA) is 81.8 Å². The highest BCUT2D eigenvalue weighted by molar-refractivity contribution is 7.17. The molecule has 0 aliphatic heterocycles. The second-order valence-corrected chi connectivity index (χ2v) is 9.39. The molecular formula is C27H25N5O2S. The van der Waals surface area contributed by atoms with Crippen LogP contribution in [0.15, 0.2) is 77.4 Å². The van der Waals surface area contributed by atoms with Gasteiger partial charge in [-0.3, -0.25) is 14.2 Å². The number of aromatic nitrogens is 4. The van der Waals surface area contributed by atoms with E-state index in [0.29, 0.717) is 10.2 Å². The fraction of sp³-hybridized carbons (Fsp3) is 0.185. The van der Waals surface area contributed by atoms with E-state index in [-0.39, 0.29) is 24.4 Å². The lowest BCUT2D eigenvalue weighted by molar-refractivity contribution is -0.116. The van der Waals surface area contributed by atoms with Crippen LogP contribution in [0.2, 0.25) is 0 Å². The average Bonchev–Trinajstić information content (AvgIpc) is 3.47. The summed E-state index contributed by atoms with van der Waals surface area (Å²) < 4.78 is 3.58. The van der Waals surface area contributed by atoms with Crippen molar-refractivity contribution in [2.75, 3.05) is 5.32 Å². The van der Waals surface area contributed by atoms with Gasteiger partial charge in [0.05, 0.1) is 11.7 Å². The molecule has 0 radical (unpaired) electrons. The third-order valence-corrected chi connectivity index (χ3v) is 6.90. The molecule has 35 heavy (non-hydrogen) atoms. The van der Waals surface area contributed by atoms with Crippen molar-refractivity contribution in [1.82, 2.24) is 19.1 Å². The lowest BCUT2D eigenvalue weighted by Crippen LogP contribution is -2.23. The van der Waals surface area contributed by atoms with Crippen molar-refractivity contribution in [2.24, 2.45) is 0 Å². The summed E-state index contributed by atoms with van der Waals surface area (Å²) in [6.07, 6.45) is 5.43. The number of carbonyl (C=O) groups is 1. The summed E-state index contributed by atoms with van der Waals surface area (Å²) in [6, 6.07) is 15.8. The van der Waals surface area contributed by atoms with Crippen LogP contribution in [0.25, 0.3) is 21.3 Å². The van der Waals surface area contributed by atoms with E-state index in [1.807, 2.05) is 74.0 Å². The Morgan fingerprint density at radius 1 is 1.00 bits per heavy atom. The minimum atomic E-state index is -0.153. The SMILES string of the molecule is Cc1ccc(-c2csc3ncn(CCC(=O)Nc4ccc(Cn5ccnc5C)cc4)c(=O)c23)cc1. The Bertz CT molecular complexity index is 1550. The van der Waals surface area contributed by atoms with Gasteiger partial charge in [-0.25, -0.2) is 9.97 Å². The minimum absolute atomic E-state index is 0.126. The summed E-state index contributed by atoms with van der Waals surface area (Å²) in [4.78, 5) is 35.2. The first kappa shape index (κ1) is 22.7. The van der Waals surface area contributed by atoms with Crippen molar-refractivity contribution < 1.29 is 4.79 Å². The number of hydrogen-bond acceptors (Lipinski definition) is 5.